The van der Waals surface area contributed by atoms with E-state index in [0.717, 1.165) is 5.56 Å². The fourth-order valence-electron chi connectivity index (χ4n) is 2.31. The van der Waals surface area contributed by atoms with E-state index in [1.54, 1.807) is 44.4 Å². The fraction of sp³-hybridized carbons (Fsp3) is 0.263. The number of carbonyl (C=O) groups is 2. The van der Waals surface area contributed by atoms with E-state index < -0.39 is 12.0 Å². The van der Waals surface area contributed by atoms with Gasteiger partial charge in [0.1, 0.15) is 11.8 Å². The standard InChI is InChI=1S/C19H22N2O4/c1-12-9-10-14(19(23)25-4)11-16(12)20-13(2)18(22)21-15-7-5-6-8-17(15)24-3/h5-11,13,20H,1-4H3,(H,21,22)/t13-/m0/s1. The van der Waals surface area contributed by atoms with Crippen LogP contribution in [0.15, 0.2) is 42.5 Å². The van der Waals surface area contributed by atoms with Crippen LogP contribution in [0, 0.1) is 6.92 Å². The molecule has 2 aromatic rings. The van der Waals surface area contributed by atoms with Gasteiger partial charge in [-0.3, -0.25) is 4.79 Å². The van der Waals surface area contributed by atoms with Crippen molar-refractivity contribution < 1.29 is 19.1 Å². The largest absolute Gasteiger partial charge is 0.495 e. The summed E-state index contributed by atoms with van der Waals surface area (Å²) >= 11 is 0. The predicted octanol–water partition coefficient (Wildman–Crippen LogP) is 3.23. The molecule has 2 rings (SSSR count). The number of amides is 1. The van der Waals surface area contributed by atoms with Gasteiger partial charge in [-0.1, -0.05) is 18.2 Å². The third kappa shape index (κ3) is 4.50. The van der Waals surface area contributed by atoms with E-state index in [4.69, 9.17) is 9.47 Å². The number of hydrogen-bond donors (Lipinski definition) is 2. The molecule has 0 saturated heterocycles. The minimum absolute atomic E-state index is 0.215. The Kier molecular flexibility index (Phi) is 6.00. The maximum atomic E-state index is 12.5. The van der Waals surface area contributed by atoms with Crippen LogP contribution in [0.5, 0.6) is 5.75 Å². The zero-order valence-corrected chi connectivity index (χ0v) is 14.8. The number of anilines is 2. The maximum Gasteiger partial charge on any atom is 0.337 e. The Hall–Kier alpha value is -3.02. The molecule has 0 radical (unpaired) electrons. The smallest absolute Gasteiger partial charge is 0.337 e. The van der Waals surface area contributed by atoms with Crippen LogP contribution < -0.4 is 15.4 Å². The minimum atomic E-state index is -0.517. The summed E-state index contributed by atoms with van der Waals surface area (Å²) < 4.78 is 9.96. The SMILES string of the molecule is COC(=O)c1ccc(C)c(N[C@@H](C)C(=O)Nc2ccccc2OC)c1. The van der Waals surface area contributed by atoms with Crippen LogP contribution in [-0.2, 0) is 9.53 Å². The van der Waals surface area contributed by atoms with Gasteiger partial charge in [0.15, 0.2) is 0 Å². The first-order valence-corrected chi connectivity index (χ1v) is 7.85. The second-order valence-electron chi connectivity index (χ2n) is 5.58. The molecule has 0 fully saturated rings. The highest BCUT2D eigenvalue weighted by molar-refractivity contribution is 5.98. The minimum Gasteiger partial charge on any atom is -0.495 e. The van der Waals surface area contributed by atoms with E-state index in [9.17, 15) is 9.59 Å². The Labute approximate surface area is 147 Å². The molecule has 0 aliphatic carbocycles. The second kappa shape index (κ2) is 8.19. The summed E-state index contributed by atoms with van der Waals surface area (Å²) in [5.74, 6) is -0.0477. The van der Waals surface area contributed by atoms with Gasteiger partial charge in [0.05, 0.1) is 25.5 Å². The van der Waals surface area contributed by atoms with Gasteiger partial charge in [0, 0.05) is 5.69 Å². The molecule has 25 heavy (non-hydrogen) atoms. The number of aryl methyl sites for hydroxylation is 1. The highest BCUT2D eigenvalue weighted by atomic mass is 16.5. The highest BCUT2D eigenvalue weighted by Crippen LogP contribution is 2.24. The number of para-hydroxylation sites is 2. The van der Waals surface area contributed by atoms with Crippen LogP contribution in [-0.4, -0.2) is 32.1 Å². The van der Waals surface area contributed by atoms with E-state index in [-0.39, 0.29) is 5.91 Å². The van der Waals surface area contributed by atoms with Gasteiger partial charge >= 0.3 is 5.97 Å². The molecule has 0 spiro atoms. The molecular formula is C19H22N2O4. The molecule has 0 bridgehead atoms. The number of methoxy groups -OCH3 is 2. The van der Waals surface area contributed by atoms with Crippen molar-refractivity contribution in [3.05, 3.63) is 53.6 Å². The van der Waals surface area contributed by atoms with Crippen molar-refractivity contribution in [1.82, 2.24) is 0 Å². The molecular weight excluding hydrogens is 320 g/mol. The van der Waals surface area contributed by atoms with Crippen molar-refractivity contribution in [2.75, 3.05) is 24.9 Å². The summed E-state index contributed by atoms with van der Waals surface area (Å²) in [7, 11) is 2.88. The van der Waals surface area contributed by atoms with Crippen LogP contribution in [0.1, 0.15) is 22.8 Å². The molecule has 6 heteroatoms. The Bertz CT molecular complexity index is 774. The zero-order chi connectivity index (χ0) is 18.4. The molecule has 1 atom stereocenters. The molecule has 1 amide bonds. The first kappa shape index (κ1) is 18.3. The number of nitrogens with one attached hydrogen (secondary N) is 2. The van der Waals surface area contributed by atoms with E-state index >= 15 is 0 Å². The van der Waals surface area contributed by atoms with Crippen molar-refractivity contribution in [1.29, 1.82) is 0 Å². The Morgan fingerprint density at radius 2 is 1.76 bits per heavy atom. The Morgan fingerprint density at radius 1 is 1.04 bits per heavy atom. The van der Waals surface area contributed by atoms with Crippen LogP contribution >= 0.6 is 0 Å². The number of carbonyl (C=O) groups excluding carboxylic acids is 2. The summed E-state index contributed by atoms with van der Waals surface area (Å²) in [5, 5.41) is 5.96. The van der Waals surface area contributed by atoms with E-state index in [0.29, 0.717) is 22.7 Å². The maximum absolute atomic E-state index is 12.5. The zero-order valence-electron chi connectivity index (χ0n) is 14.8. The first-order valence-electron chi connectivity index (χ1n) is 7.85. The second-order valence-corrected chi connectivity index (χ2v) is 5.58. The normalized spacial score (nSPS) is 11.4. The van der Waals surface area contributed by atoms with Crippen molar-refractivity contribution in [3.8, 4) is 5.75 Å². The van der Waals surface area contributed by atoms with Crippen LogP contribution in [0.4, 0.5) is 11.4 Å². The van der Waals surface area contributed by atoms with Gasteiger partial charge in [-0.25, -0.2) is 4.79 Å². The molecule has 0 aromatic heterocycles. The molecule has 0 aliphatic rings. The summed E-state index contributed by atoms with van der Waals surface area (Å²) in [5.41, 5.74) is 2.65. The lowest BCUT2D eigenvalue weighted by Crippen LogP contribution is -2.32. The summed E-state index contributed by atoms with van der Waals surface area (Å²) in [6.45, 7) is 3.64. The lowest BCUT2D eigenvalue weighted by Gasteiger charge is -2.18. The highest BCUT2D eigenvalue weighted by Gasteiger charge is 2.16. The summed E-state index contributed by atoms with van der Waals surface area (Å²) in [6, 6.07) is 11.8. The van der Waals surface area contributed by atoms with Crippen LogP contribution in [0.25, 0.3) is 0 Å². The van der Waals surface area contributed by atoms with Gasteiger partial charge in [-0.05, 0) is 43.7 Å². The van der Waals surface area contributed by atoms with Gasteiger partial charge < -0.3 is 20.1 Å². The van der Waals surface area contributed by atoms with Gasteiger partial charge in [-0.15, -0.1) is 0 Å². The number of esters is 1. The van der Waals surface area contributed by atoms with Crippen molar-refractivity contribution >= 4 is 23.3 Å². The molecule has 0 saturated carbocycles. The van der Waals surface area contributed by atoms with Crippen LogP contribution in [0.3, 0.4) is 0 Å². The van der Waals surface area contributed by atoms with Gasteiger partial charge in [0.2, 0.25) is 5.91 Å². The Balaban J connectivity index is 2.12. The summed E-state index contributed by atoms with van der Waals surface area (Å²) in [4.78, 5) is 24.1. The predicted molar refractivity (Wildman–Crippen MR) is 97.2 cm³/mol. The van der Waals surface area contributed by atoms with Gasteiger partial charge in [0.25, 0.3) is 0 Å². The number of ether oxygens (including phenoxy) is 2. The quantitative estimate of drug-likeness (QED) is 0.788. The van der Waals surface area contributed by atoms with Gasteiger partial charge in [-0.2, -0.15) is 0 Å². The average Bonchev–Trinajstić information content (AvgIpc) is 2.63. The molecule has 0 unspecified atom stereocenters. The first-order chi connectivity index (χ1) is 12.0. The van der Waals surface area contributed by atoms with E-state index in [2.05, 4.69) is 10.6 Å². The summed E-state index contributed by atoms with van der Waals surface area (Å²) in [6.07, 6.45) is 0. The Morgan fingerprint density at radius 3 is 2.44 bits per heavy atom. The lowest BCUT2D eigenvalue weighted by atomic mass is 10.1. The van der Waals surface area contributed by atoms with E-state index in [1.165, 1.54) is 7.11 Å². The topological polar surface area (TPSA) is 76.7 Å². The fourth-order valence-corrected chi connectivity index (χ4v) is 2.31. The molecule has 2 aromatic carbocycles. The molecule has 2 N–H and O–H groups in total. The monoisotopic (exact) mass is 342 g/mol. The average molecular weight is 342 g/mol. The van der Waals surface area contributed by atoms with Crippen molar-refractivity contribution in [2.45, 2.75) is 19.9 Å². The third-order valence-electron chi connectivity index (χ3n) is 3.79. The third-order valence-corrected chi connectivity index (χ3v) is 3.79. The van der Waals surface area contributed by atoms with Crippen LogP contribution in [0.2, 0.25) is 0 Å². The number of rotatable bonds is 6. The van der Waals surface area contributed by atoms with Crippen molar-refractivity contribution in [2.24, 2.45) is 0 Å². The molecule has 132 valence electrons. The number of benzene rings is 2. The molecule has 0 heterocycles. The molecule has 6 nitrogen and oxygen atoms in total. The van der Waals surface area contributed by atoms with E-state index in [1.807, 2.05) is 19.1 Å². The lowest BCUT2D eigenvalue weighted by molar-refractivity contribution is -0.116. The number of hydrogen-bond acceptors (Lipinski definition) is 5. The molecule has 0 aliphatic heterocycles. The van der Waals surface area contributed by atoms with Crippen molar-refractivity contribution in [3.63, 3.8) is 0 Å².